The second kappa shape index (κ2) is 12.0. The van der Waals surface area contributed by atoms with Crippen LogP contribution in [0.1, 0.15) is 45.3 Å². The van der Waals surface area contributed by atoms with Gasteiger partial charge in [0.25, 0.3) is 0 Å². The molecule has 0 saturated carbocycles. The summed E-state index contributed by atoms with van der Waals surface area (Å²) in [4.78, 5) is 16.1. The second-order valence-corrected chi connectivity index (χ2v) is 6.86. The molecule has 8 heteroatoms. The highest BCUT2D eigenvalue weighted by Gasteiger charge is 2.10. The SMILES string of the molecule is CCNC(=NCC(O)c1cc(Cl)cc(Cl)c1)NCCC(=O)NC(C)CC. The van der Waals surface area contributed by atoms with E-state index < -0.39 is 6.10 Å². The van der Waals surface area contributed by atoms with E-state index in [0.717, 1.165) is 6.42 Å². The Morgan fingerprint density at radius 3 is 2.42 bits per heavy atom. The van der Waals surface area contributed by atoms with Gasteiger partial charge in [0.1, 0.15) is 0 Å². The fourth-order valence-electron chi connectivity index (χ4n) is 2.14. The average Bonchev–Trinajstić information content (AvgIpc) is 2.58. The van der Waals surface area contributed by atoms with Gasteiger partial charge in [0.15, 0.2) is 5.96 Å². The van der Waals surface area contributed by atoms with Crippen molar-refractivity contribution >= 4 is 35.1 Å². The molecule has 26 heavy (non-hydrogen) atoms. The monoisotopic (exact) mass is 402 g/mol. The highest BCUT2D eigenvalue weighted by atomic mass is 35.5. The predicted octanol–water partition coefficient (Wildman–Crippen LogP) is 2.89. The molecule has 0 spiro atoms. The highest BCUT2D eigenvalue weighted by molar-refractivity contribution is 6.34. The predicted molar refractivity (Wildman–Crippen MR) is 108 cm³/mol. The highest BCUT2D eigenvalue weighted by Crippen LogP contribution is 2.23. The van der Waals surface area contributed by atoms with Gasteiger partial charge in [-0.3, -0.25) is 9.79 Å². The molecular formula is C18H28Cl2N4O2. The lowest BCUT2D eigenvalue weighted by Crippen LogP contribution is -2.40. The zero-order chi connectivity index (χ0) is 19.5. The Kier molecular flexibility index (Phi) is 10.4. The van der Waals surface area contributed by atoms with Gasteiger partial charge in [0.2, 0.25) is 5.91 Å². The van der Waals surface area contributed by atoms with E-state index in [-0.39, 0.29) is 18.5 Å². The Morgan fingerprint density at radius 1 is 1.19 bits per heavy atom. The van der Waals surface area contributed by atoms with Gasteiger partial charge in [-0.15, -0.1) is 0 Å². The number of nitrogens with zero attached hydrogens (tertiary/aromatic N) is 1. The molecule has 0 aromatic heterocycles. The Labute approximate surface area is 165 Å². The van der Waals surface area contributed by atoms with Crippen LogP contribution in [0.15, 0.2) is 23.2 Å². The lowest BCUT2D eigenvalue weighted by molar-refractivity contribution is -0.121. The summed E-state index contributed by atoms with van der Waals surface area (Å²) in [6.45, 7) is 7.21. The zero-order valence-electron chi connectivity index (χ0n) is 15.5. The van der Waals surface area contributed by atoms with Crippen molar-refractivity contribution in [3.8, 4) is 0 Å². The maximum atomic E-state index is 11.8. The van der Waals surface area contributed by atoms with Crippen LogP contribution in [0.2, 0.25) is 10.0 Å². The molecule has 6 nitrogen and oxygen atoms in total. The summed E-state index contributed by atoms with van der Waals surface area (Å²) in [5, 5.41) is 20.3. The summed E-state index contributed by atoms with van der Waals surface area (Å²) in [6.07, 6.45) is 0.422. The molecule has 0 aliphatic rings. The summed E-state index contributed by atoms with van der Waals surface area (Å²) in [6, 6.07) is 5.10. The van der Waals surface area contributed by atoms with Gasteiger partial charge in [-0.05, 0) is 44.0 Å². The number of aliphatic hydroxyl groups is 1. The van der Waals surface area contributed by atoms with Gasteiger partial charge in [0.05, 0.1) is 12.6 Å². The van der Waals surface area contributed by atoms with Crippen molar-refractivity contribution in [2.45, 2.75) is 45.8 Å². The molecule has 0 aliphatic heterocycles. The summed E-state index contributed by atoms with van der Waals surface area (Å²) >= 11 is 11.9. The summed E-state index contributed by atoms with van der Waals surface area (Å²) < 4.78 is 0. The number of amides is 1. The van der Waals surface area contributed by atoms with E-state index in [1.54, 1.807) is 18.2 Å². The number of carbonyl (C=O) groups excluding carboxylic acids is 1. The van der Waals surface area contributed by atoms with Crippen LogP contribution in [-0.4, -0.2) is 42.6 Å². The third kappa shape index (κ3) is 8.74. The summed E-state index contributed by atoms with van der Waals surface area (Å²) in [5.74, 6) is 0.535. The Bertz CT molecular complexity index is 591. The van der Waals surface area contributed by atoms with E-state index in [9.17, 15) is 9.90 Å². The number of hydrogen-bond donors (Lipinski definition) is 4. The van der Waals surface area contributed by atoms with E-state index in [2.05, 4.69) is 20.9 Å². The molecule has 1 amide bonds. The molecule has 0 bridgehead atoms. The van der Waals surface area contributed by atoms with E-state index in [1.165, 1.54) is 0 Å². The largest absolute Gasteiger partial charge is 0.386 e. The molecule has 0 saturated heterocycles. The van der Waals surface area contributed by atoms with Gasteiger partial charge < -0.3 is 21.1 Å². The van der Waals surface area contributed by atoms with Crippen LogP contribution in [0.5, 0.6) is 0 Å². The number of hydrogen-bond acceptors (Lipinski definition) is 3. The quantitative estimate of drug-likeness (QED) is 0.377. The third-order valence-electron chi connectivity index (χ3n) is 3.70. The zero-order valence-corrected chi connectivity index (χ0v) is 17.0. The van der Waals surface area contributed by atoms with Crippen molar-refractivity contribution in [1.82, 2.24) is 16.0 Å². The van der Waals surface area contributed by atoms with Crippen molar-refractivity contribution in [2.24, 2.45) is 4.99 Å². The second-order valence-electron chi connectivity index (χ2n) is 5.99. The maximum absolute atomic E-state index is 11.8. The topological polar surface area (TPSA) is 85.8 Å². The van der Waals surface area contributed by atoms with Crippen molar-refractivity contribution < 1.29 is 9.90 Å². The van der Waals surface area contributed by atoms with Crippen molar-refractivity contribution in [3.63, 3.8) is 0 Å². The molecule has 1 aromatic carbocycles. The Hall–Kier alpha value is -1.50. The smallest absolute Gasteiger partial charge is 0.221 e. The van der Waals surface area contributed by atoms with E-state index in [0.29, 0.717) is 41.1 Å². The molecule has 0 fully saturated rings. The molecule has 0 heterocycles. The number of carbonyl (C=O) groups is 1. The molecule has 0 radical (unpaired) electrons. The number of aliphatic hydroxyl groups excluding tert-OH is 1. The van der Waals surface area contributed by atoms with E-state index in [1.807, 2.05) is 20.8 Å². The summed E-state index contributed by atoms with van der Waals surface area (Å²) in [5.41, 5.74) is 0.607. The molecule has 2 atom stereocenters. The number of guanidine groups is 1. The lowest BCUT2D eigenvalue weighted by Gasteiger charge is -2.15. The molecule has 146 valence electrons. The van der Waals surface area contributed by atoms with Gasteiger partial charge in [-0.2, -0.15) is 0 Å². The van der Waals surface area contributed by atoms with Crippen LogP contribution in [-0.2, 0) is 4.79 Å². The third-order valence-corrected chi connectivity index (χ3v) is 4.14. The number of nitrogens with one attached hydrogen (secondary N) is 3. The fourth-order valence-corrected chi connectivity index (χ4v) is 2.68. The van der Waals surface area contributed by atoms with Crippen molar-refractivity contribution in [3.05, 3.63) is 33.8 Å². The van der Waals surface area contributed by atoms with Crippen LogP contribution in [0, 0.1) is 0 Å². The van der Waals surface area contributed by atoms with Crippen LogP contribution >= 0.6 is 23.2 Å². The molecule has 1 rings (SSSR count). The number of rotatable bonds is 9. The fraction of sp³-hybridized carbons (Fsp3) is 0.556. The van der Waals surface area contributed by atoms with Gasteiger partial charge in [-0.25, -0.2) is 0 Å². The molecule has 1 aromatic rings. The Morgan fingerprint density at radius 2 is 1.85 bits per heavy atom. The summed E-state index contributed by atoms with van der Waals surface area (Å²) in [7, 11) is 0. The molecule has 4 N–H and O–H groups in total. The molecule has 0 aliphatic carbocycles. The average molecular weight is 403 g/mol. The first kappa shape index (κ1) is 22.5. The van der Waals surface area contributed by atoms with E-state index >= 15 is 0 Å². The minimum absolute atomic E-state index is 0.00342. The van der Waals surface area contributed by atoms with E-state index in [4.69, 9.17) is 23.2 Å². The first-order valence-corrected chi connectivity index (χ1v) is 9.56. The number of benzene rings is 1. The first-order chi connectivity index (χ1) is 12.3. The van der Waals surface area contributed by atoms with Crippen molar-refractivity contribution in [2.75, 3.05) is 19.6 Å². The van der Waals surface area contributed by atoms with Crippen LogP contribution in [0.25, 0.3) is 0 Å². The maximum Gasteiger partial charge on any atom is 0.221 e. The van der Waals surface area contributed by atoms with Crippen molar-refractivity contribution in [1.29, 1.82) is 0 Å². The molecule has 2 unspecified atom stereocenters. The number of aliphatic imine (C=N–C) groups is 1. The van der Waals surface area contributed by atoms with Crippen LogP contribution in [0.3, 0.4) is 0 Å². The van der Waals surface area contributed by atoms with Gasteiger partial charge >= 0.3 is 0 Å². The minimum atomic E-state index is -0.824. The lowest BCUT2D eigenvalue weighted by atomic mass is 10.1. The Balaban J connectivity index is 2.55. The number of halogens is 2. The first-order valence-electron chi connectivity index (χ1n) is 8.81. The van der Waals surface area contributed by atoms with Crippen LogP contribution < -0.4 is 16.0 Å². The van der Waals surface area contributed by atoms with Gasteiger partial charge in [0, 0.05) is 35.6 Å². The minimum Gasteiger partial charge on any atom is -0.386 e. The normalized spacial score (nSPS) is 13.8. The molecular weight excluding hydrogens is 375 g/mol. The standard InChI is InChI=1S/C18H28Cl2N4O2/c1-4-12(3)24-17(26)6-7-22-18(21-5-2)23-11-16(25)13-8-14(19)10-15(20)9-13/h8-10,12,16,25H,4-7,11H2,1-3H3,(H,24,26)(H2,21,22,23). The van der Waals surface area contributed by atoms with Crippen LogP contribution in [0.4, 0.5) is 0 Å². The van der Waals surface area contributed by atoms with Gasteiger partial charge in [-0.1, -0.05) is 30.1 Å².